The molecule has 0 bridgehead atoms. The zero-order valence-electron chi connectivity index (χ0n) is 32.3. The molecule has 0 radical (unpaired) electrons. The molecular weight excluding hydrogens is 729 g/mol. The summed E-state index contributed by atoms with van der Waals surface area (Å²) in [6, 6.07) is 62.5. The summed E-state index contributed by atoms with van der Waals surface area (Å²) in [6.45, 7) is 0. The summed E-state index contributed by atoms with van der Waals surface area (Å²) in [6.07, 6.45) is 8.02. The monoisotopic (exact) mass is 760 g/mol. The molecule has 0 amide bonds. The van der Waals surface area contributed by atoms with Gasteiger partial charge < -0.3 is 9.13 Å². The molecule has 4 heteroatoms. The lowest BCUT2D eigenvalue weighted by molar-refractivity contribution is 1.20. The van der Waals surface area contributed by atoms with Gasteiger partial charge in [-0.05, 0) is 78.1 Å². The highest BCUT2D eigenvalue weighted by Crippen LogP contribution is 2.51. The standard InChI is InChI=1S/C56H32N4/c1-3-15-35-33(13-1)29-49(39-19-7-5-17-37(35)39)59-47-25-27-57-31-45(47)51-41-21-9-12-24-44(41)54-53(55(51)59)43-23-11-10-22-42(43)52-46-32-58-28-26-48(46)60(56(52)54)50-30-34-14-2-4-16-36(34)38-18-6-8-20-40(38)50/h1-32H. The SMILES string of the molecule is c1ccc2c(c1)cc(-n1c3ccncc3c3c4ccccc4c4c(c5ccccc5c5c6cnccc6n(-c6cc7ccccc7c7ccccc67)c54)c31)c1ccccc12. The minimum atomic E-state index is 1.13. The van der Waals surface area contributed by atoms with Crippen molar-refractivity contribution < 1.29 is 0 Å². The smallest absolute Gasteiger partial charge is 0.0633 e. The van der Waals surface area contributed by atoms with Gasteiger partial charge in [0.25, 0.3) is 0 Å². The first-order valence-corrected chi connectivity index (χ1v) is 20.6. The molecule has 0 aliphatic rings. The molecule has 14 aromatic rings. The highest BCUT2D eigenvalue weighted by atomic mass is 15.0. The third-order valence-electron chi connectivity index (χ3n) is 13.2. The van der Waals surface area contributed by atoms with Crippen molar-refractivity contribution in [2.75, 3.05) is 0 Å². The van der Waals surface area contributed by atoms with Crippen LogP contribution in [0, 0.1) is 0 Å². The van der Waals surface area contributed by atoms with E-state index < -0.39 is 0 Å². The highest BCUT2D eigenvalue weighted by molar-refractivity contribution is 6.44. The Labute approximate surface area is 342 Å². The van der Waals surface area contributed by atoms with E-state index >= 15 is 0 Å². The first-order valence-electron chi connectivity index (χ1n) is 20.6. The summed E-state index contributed by atoms with van der Waals surface area (Å²) in [4.78, 5) is 9.59. The Morgan fingerprint density at radius 1 is 0.283 bits per heavy atom. The van der Waals surface area contributed by atoms with E-state index in [1.807, 2.05) is 12.4 Å². The van der Waals surface area contributed by atoms with Crippen LogP contribution in [0.5, 0.6) is 0 Å². The Balaban J connectivity index is 1.32. The fraction of sp³-hybridized carbons (Fsp3) is 0. The lowest BCUT2D eigenvalue weighted by atomic mass is 9.90. The second-order valence-corrected chi connectivity index (χ2v) is 16.1. The number of hydrogen-bond donors (Lipinski definition) is 0. The third-order valence-corrected chi connectivity index (χ3v) is 13.2. The van der Waals surface area contributed by atoms with Crippen molar-refractivity contribution in [2.24, 2.45) is 0 Å². The van der Waals surface area contributed by atoms with Crippen molar-refractivity contribution in [3.05, 3.63) is 195 Å². The maximum atomic E-state index is 4.79. The van der Waals surface area contributed by atoms with Gasteiger partial charge in [-0.1, -0.05) is 146 Å². The van der Waals surface area contributed by atoms with E-state index in [9.17, 15) is 0 Å². The molecule has 4 heterocycles. The molecule has 0 aliphatic heterocycles. The Bertz CT molecular complexity index is 3920. The van der Waals surface area contributed by atoms with Crippen molar-refractivity contribution in [1.82, 2.24) is 19.1 Å². The van der Waals surface area contributed by atoms with Gasteiger partial charge in [-0.15, -0.1) is 0 Å². The molecule has 60 heavy (non-hydrogen) atoms. The first-order chi connectivity index (χ1) is 29.8. The summed E-state index contributed by atoms with van der Waals surface area (Å²) in [5.74, 6) is 0. The van der Waals surface area contributed by atoms with Crippen LogP contribution < -0.4 is 0 Å². The van der Waals surface area contributed by atoms with E-state index in [2.05, 4.69) is 191 Å². The van der Waals surface area contributed by atoms with Gasteiger partial charge in [-0.25, -0.2) is 0 Å². The van der Waals surface area contributed by atoms with Gasteiger partial charge in [0.1, 0.15) is 0 Å². The van der Waals surface area contributed by atoms with Crippen LogP contribution in [0.3, 0.4) is 0 Å². The maximum Gasteiger partial charge on any atom is 0.0633 e. The number of pyridine rings is 2. The van der Waals surface area contributed by atoms with Crippen LogP contribution in [-0.4, -0.2) is 19.1 Å². The molecule has 276 valence electrons. The fourth-order valence-electron chi connectivity index (χ4n) is 10.8. The minimum Gasteiger partial charge on any atom is -0.308 e. The molecule has 0 N–H and O–H groups in total. The summed E-state index contributed by atoms with van der Waals surface area (Å²) in [7, 11) is 0. The van der Waals surface area contributed by atoms with E-state index in [-0.39, 0.29) is 0 Å². The van der Waals surface area contributed by atoms with Crippen LogP contribution in [0.15, 0.2) is 195 Å². The molecule has 4 aromatic heterocycles. The Hall–Kier alpha value is -8.08. The lowest BCUT2D eigenvalue weighted by Gasteiger charge is -2.19. The quantitative estimate of drug-likeness (QED) is 0.165. The predicted molar refractivity (Wildman–Crippen MR) is 253 cm³/mol. The van der Waals surface area contributed by atoms with Crippen LogP contribution in [0.4, 0.5) is 0 Å². The average Bonchev–Trinajstić information content (AvgIpc) is 3.85. The largest absolute Gasteiger partial charge is 0.308 e. The zero-order chi connectivity index (χ0) is 39.1. The van der Waals surface area contributed by atoms with Gasteiger partial charge in [0.15, 0.2) is 0 Å². The zero-order valence-corrected chi connectivity index (χ0v) is 32.3. The molecular formula is C56H32N4. The molecule has 0 unspecified atom stereocenters. The summed E-state index contributed by atoms with van der Waals surface area (Å²) in [5.41, 5.74) is 6.94. The number of benzene rings is 10. The topological polar surface area (TPSA) is 35.6 Å². The number of fused-ring (bicyclic) bond motifs is 21. The summed E-state index contributed by atoms with van der Waals surface area (Å²) >= 11 is 0. The van der Waals surface area contributed by atoms with Gasteiger partial charge >= 0.3 is 0 Å². The molecule has 0 spiro atoms. The van der Waals surface area contributed by atoms with Crippen LogP contribution in [-0.2, 0) is 0 Å². The van der Waals surface area contributed by atoms with Gasteiger partial charge in [0.05, 0.1) is 33.4 Å². The first kappa shape index (κ1) is 31.9. The van der Waals surface area contributed by atoms with Gasteiger partial charge in [0.2, 0.25) is 0 Å². The average molecular weight is 761 g/mol. The second-order valence-electron chi connectivity index (χ2n) is 16.1. The van der Waals surface area contributed by atoms with Crippen molar-refractivity contribution in [2.45, 2.75) is 0 Å². The number of aromatic nitrogens is 4. The van der Waals surface area contributed by atoms with Crippen molar-refractivity contribution in [3.63, 3.8) is 0 Å². The molecule has 0 fully saturated rings. The fourth-order valence-corrected chi connectivity index (χ4v) is 10.8. The lowest BCUT2D eigenvalue weighted by Crippen LogP contribution is -2.00. The predicted octanol–water partition coefficient (Wildman–Crippen LogP) is 14.7. The van der Waals surface area contributed by atoms with Crippen molar-refractivity contribution >= 4 is 119 Å². The summed E-state index contributed by atoms with van der Waals surface area (Å²) in [5, 5.41) is 21.8. The van der Waals surface area contributed by atoms with E-state index in [0.29, 0.717) is 0 Å². The Kier molecular flexibility index (Phi) is 6.26. The van der Waals surface area contributed by atoms with Crippen LogP contribution in [0.2, 0.25) is 0 Å². The Morgan fingerprint density at radius 2 is 0.617 bits per heavy atom. The molecule has 0 aliphatic carbocycles. The van der Waals surface area contributed by atoms with E-state index in [1.165, 1.54) is 97.2 Å². The second kappa shape index (κ2) is 11.8. The molecule has 0 saturated carbocycles. The van der Waals surface area contributed by atoms with E-state index in [1.54, 1.807) is 0 Å². The number of hydrogen-bond acceptors (Lipinski definition) is 2. The van der Waals surface area contributed by atoms with Gasteiger partial charge in [-0.2, -0.15) is 0 Å². The van der Waals surface area contributed by atoms with Crippen molar-refractivity contribution in [1.29, 1.82) is 0 Å². The Morgan fingerprint density at radius 3 is 1.03 bits per heavy atom. The number of nitrogens with zero attached hydrogens (tertiary/aromatic N) is 4. The maximum absolute atomic E-state index is 4.79. The van der Waals surface area contributed by atoms with Crippen LogP contribution in [0.1, 0.15) is 0 Å². The minimum absolute atomic E-state index is 1.13. The van der Waals surface area contributed by atoms with Crippen LogP contribution >= 0.6 is 0 Å². The molecule has 14 rings (SSSR count). The molecule has 10 aromatic carbocycles. The highest BCUT2D eigenvalue weighted by Gasteiger charge is 2.27. The van der Waals surface area contributed by atoms with E-state index in [0.717, 1.165) is 33.2 Å². The molecule has 4 nitrogen and oxygen atoms in total. The van der Waals surface area contributed by atoms with Gasteiger partial charge in [0, 0.05) is 67.9 Å². The molecule has 0 atom stereocenters. The summed E-state index contributed by atoms with van der Waals surface area (Å²) < 4.78 is 5.10. The van der Waals surface area contributed by atoms with E-state index in [4.69, 9.17) is 9.97 Å². The van der Waals surface area contributed by atoms with Crippen LogP contribution in [0.25, 0.3) is 130 Å². The normalized spacial score (nSPS) is 12.3. The van der Waals surface area contributed by atoms with Crippen molar-refractivity contribution in [3.8, 4) is 11.4 Å². The van der Waals surface area contributed by atoms with Gasteiger partial charge in [-0.3, -0.25) is 9.97 Å². The third kappa shape index (κ3) is 4.04. The number of rotatable bonds is 2. The molecule has 0 saturated heterocycles.